The first-order chi connectivity index (χ1) is 13.6. The monoisotopic (exact) mass is 394 g/mol. The Labute approximate surface area is 166 Å². The highest BCUT2D eigenvalue weighted by Gasteiger charge is 2.19. The van der Waals surface area contributed by atoms with E-state index in [0.717, 1.165) is 51.1 Å². The normalized spacial score (nSPS) is 11.6. The molecule has 0 radical (unpaired) electrons. The number of para-hydroxylation sites is 1. The lowest BCUT2D eigenvalue weighted by atomic mass is 10.0. The summed E-state index contributed by atoms with van der Waals surface area (Å²) in [6, 6.07) is 8.09. The minimum absolute atomic E-state index is 0.149. The maximum absolute atomic E-state index is 13.4. The number of fused-ring (bicyclic) bond motifs is 3. The summed E-state index contributed by atoms with van der Waals surface area (Å²) in [5.74, 6) is 0. The molecule has 4 rings (SSSR count). The standard InChI is InChI=1S/C21H22N4O2S/c1-5-13-8-7-9-14(6-2)18(13)25-21(26)19-17(23-24-25)16-15(11-27-4)10-12(3)22-20(16)28-19/h7-10H,5-6,11H2,1-4H3. The van der Waals surface area contributed by atoms with Gasteiger partial charge in [0.15, 0.2) is 0 Å². The highest BCUT2D eigenvalue weighted by Crippen LogP contribution is 2.32. The van der Waals surface area contributed by atoms with Gasteiger partial charge in [-0.15, -0.1) is 16.4 Å². The molecule has 0 fully saturated rings. The molecular weight excluding hydrogens is 372 g/mol. The summed E-state index contributed by atoms with van der Waals surface area (Å²) in [7, 11) is 1.66. The van der Waals surface area contributed by atoms with E-state index in [-0.39, 0.29) is 5.56 Å². The molecular formula is C21H22N4O2S. The molecule has 0 saturated carbocycles. The third-order valence-corrected chi connectivity index (χ3v) is 6.00. The van der Waals surface area contributed by atoms with Crippen LogP contribution in [0.1, 0.15) is 36.2 Å². The van der Waals surface area contributed by atoms with E-state index in [4.69, 9.17) is 4.74 Å². The van der Waals surface area contributed by atoms with Crippen LogP contribution >= 0.6 is 11.3 Å². The molecule has 1 aromatic carbocycles. The SMILES string of the molecule is CCc1cccc(CC)c1-n1nnc2c(sc3nc(C)cc(COC)c32)c1=O. The van der Waals surface area contributed by atoms with Crippen molar-refractivity contribution >= 4 is 31.8 Å². The molecule has 144 valence electrons. The molecule has 0 saturated heterocycles. The van der Waals surface area contributed by atoms with Crippen LogP contribution in [0.25, 0.3) is 26.1 Å². The summed E-state index contributed by atoms with van der Waals surface area (Å²) >= 11 is 1.38. The van der Waals surface area contributed by atoms with E-state index in [9.17, 15) is 4.79 Å². The van der Waals surface area contributed by atoms with Gasteiger partial charge in [-0.25, -0.2) is 4.98 Å². The summed E-state index contributed by atoms with van der Waals surface area (Å²) in [4.78, 5) is 18.8. The van der Waals surface area contributed by atoms with Gasteiger partial charge in [0.05, 0.1) is 12.3 Å². The second-order valence-corrected chi connectivity index (χ2v) is 7.75. The Bertz CT molecular complexity index is 1220. The van der Waals surface area contributed by atoms with Crippen molar-refractivity contribution in [2.75, 3.05) is 7.11 Å². The molecule has 0 N–H and O–H groups in total. The van der Waals surface area contributed by atoms with E-state index in [1.807, 2.05) is 31.2 Å². The van der Waals surface area contributed by atoms with E-state index >= 15 is 0 Å². The Balaban J connectivity index is 2.06. The third-order valence-electron chi connectivity index (χ3n) is 4.94. The van der Waals surface area contributed by atoms with E-state index in [2.05, 4.69) is 29.1 Å². The van der Waals surface area contributed by atoms with Crippen LogP contribution in [-0.4, -0.2) is 27.1 Å². The number of hydrogen-bond acceptors (Lipinski definition) is 6. The maximum atomic E-state index is 13.4. The molecule has 28 heavy (non-hydrogen) atoms. The van der Waals surface area contributed by atoms with Crippen LogP contribution in [0.5, 0.6) is 0 Å². The van der Waals surface area contributed by atoms with E-state index < -0.39 is 0 Å². The fraction of sp³-hybridized carbons (Fsp3) is 0.333. The first-order valence-electron chi connectivity index (χ1n) is 9.37. The summed E-state index contributed by atoms with van der Waals surface area (Å²) in [5, 5.41) is 9.65. The Hall–Kier alpha value is -2.64. The predicted molar refractivity (Wildman–Crippen MR) is 113 cm³/mol. The van der Waals surface area contributed by atoms with Crippen LogP contribution in [0.4, 0.5) is 0 Å². The van der Waals surface area contributed by atoms with Gasteiger partial charge in [0.1, 0.15) is 15.0 Å². The Kier molecular flexibility index (Phi) is 4.95. The van der Waals surface area contributed by atoms with Crippen molar-refractivity contribution in [3.05, 3.63) is 57.0 Å². The highest BCUT2D eigenvalue weighted by molar-refractivity contribution is 7.25. The summed E-state index contributed by atoms with van der Waals surface area (Å²) < 4.78 is 7.37. The minimum atomic E-state index is -0.149. The van der Waals surface area contributed by atoms with Gasteiger partial charge in [-0.2, -0.15) is 4.68 Å². The Morgan fingerprint density at radius 2 is 1.86 bits per heavy atom. The van der Waals surface area contributed by atoms with Crippen molar-refractivity contribution in [1.29, 1.82) is 0 Å². The topological polar surface area (TPSA) is 69.9 Å². The number of aryl methyl sites for hydroxylation is 3. The van der Waals surface area contributed by atoms with Gasteiger partial charge < -0.3 is 4.74 Å². The van der Waals surface area contributed by atoms with Crippen LogP contribution in [0.2, 0.25) is 0 Å². The zero-order valence-corrected chi connectivity index (χ0v) is 17.3. The van der Waals surface area contributed by atoms with Crippen molar-refractivity contribution in [2.45, 2.75) is 40.2 Å². The largest absolute Gasteiger partial charge is 0.380 e. The second-order valence-electron chi connectivity index (χ2n) is 6.75. The smallest absolute Gasteiger partial charge is 0.292 e. The van der Waals surface area contributed by atoms with Crippen LogP contribution in [0.3, 0.4) is 0 Å². The molecule has 7 heteroatoms. The number of thiophene rings is 1. The fourth-order valence-corrected chi connectivity index (χ4v) is 4.79. The fourth-order valence-electron chi connectivity index (χ4n) is 3.67. The lowest BCUT2D eigenvalue weighted by Crippen LogP contribution is -2.24. The number of methoxy groups -OCH3 is 1. The minimum Gasteiger partial charge on any atom is -0.380 e. The zero-order chi connectivity index (χ0) is 19.8. The van der Waals surface area contributed by atoms with Crippen LogP contribution in [-0.2, 0) is 24.2 Å². The second kappa shape index (κ2) is 7.41. The molecule has 0 aliphatic heterocycles. The molecule has 4 aromatic rings. The first-order valence-corrected chi connectivity index (χ1v) is 10.2. The molecule has 0 spiro atoms. The van der Waals surface area contributed by atoms with Crippen LogP contribution in [0.15, 0.2) is 29.1 Å². The lowest BCUT2D eigenvalue weighted by Gasteiger charge is -2.13. The number of rotatable bonds is 5. The molecule has 0 amide bonds. The molecule has 0 unspecified atom stereocenters. The third kappa shape index (κ3) is 2.91. The molecule has 0 atom stereocenters. The van der Waals surface area contributed by atoms with E-state index in [0.29, 0.717) is 16.8 Å². The average Bonchev–Trinajstić information content (AvgIpc) is 3.07. The highest BCUT2D eigenvalue weighted by atomic mass is 32.1. The van der Waals surface area contributed by atoms with Gasteiger partial charge in [-0.1, -0.05) is 37.3 Å². The van der Waals surface area contributed by atoms with Crippen molar-refractivity contribution in [3.63, 3.8) is 0 Å². The number of benzene rings is 1. The summed E-state index contributed by atoms with van der Waals surface area (Å²) in [6.45, 7) is 6.55. The zero-order valence-electron chi connectivity index (χ0n) is 16.4. The predicted octanol–water partition coefficient (Wildman–Crippen LogP) is 3.97. The van der Waals surface area contributed by atoms with Gasteiger partial charge in [0, 0.05) is 18.2 Å². The number of hydrogen-bond donors (Lipinski definition) is 0. The number of ether oxygens (including phenoxy) is 1. The number of pyridine rings is 1. The molecule has 0 aliphatic rings. The Morgan fingerprint density at radius 3 is 2.50 bits per heavy atom. The number of nitrogens with zero attached hydrogens (tertiary/aromatic N) is 4. The van der Waals surface area contributed by atoms with Gasteiger partial charge >= 0.3 is 0 Å². The summed E-state index contributed by atoms with van der Waals surface area (Å²) in [5.41, 5.74) is 5.36. The summed E-state index contributed by atoms with van der Waals surface area (Å²) in [6.07, 6.45) is 1.64. The Morgan fingerprint density at radius 1 is 1.14 bits per heavy atom. The van der Waals surface area contributed by atoms with Crippen molar-refractivity contribution in [2.24, 2.45) is 0 Å². The van der Waals surface area contributed by atoms with E-state index in [1.54, 1.807) is 7.11 Å². The number of aromatic nitrogens is 4. The van der Waals surface area contributed by atoms with Crippen molar-refractivity contribution in [3.8, 4) is 5.69 Å². The van der Waals surface area contributed by atoms with Gasteiger partial charge in [-0.05, 0) is 42.5 Å². The van der Waals surface area contributed by atoms with E-state index in [1.165, 1.54) is 16.0 Å². The van der Waals surface area contributed by atoms with Crippen LogP contribution in [0, 0.1) is 6.92 Å². The molecule has 0 aliphatic carbocycles. The molecule has 3 aromatic heterocycles. The van der Waals surface area contributed by atoms with Gasteiger partial charge in [0.25, 0.3) is 5.56 Å². The molecule has 3 heterocycles. The maximum Gasteiger partial charge on any atom is 0.292 e. The first kappa shape index (κ1) is 18.7. The average molecular weight is 395 g/mol. The molecule has 0 bridgehead atoms. The van der Waals surface area contributed by atoms with Gasteiger partial charge in [0.2, 0.25) is 0 Å². The van der Waals surface area contributed by atoms with Crippen molar-refractivity contribution < 1.29 is 4.74 Å². The molecule has 6 nitrogen and oxygen atoms in total. The van der Waals surface area contributed by atoms with Crippen LogP contribution < -0.4 is 5.56 Å². The van der Waals surface area contributed by atoms with Crippen molar-refractivity contribution in [1.82, 2.24) is 20.0 Å². The quantitative estimate of drug-likeness (QED) is 0.512. The van der Waals surface area contributed by atoms with Gasteiger partial charge in [-0.3, -0.25) is 4.79 Å². The lowest BCUT2D eigenvalue weighted by molar-refractivity contribution is 0.186.